The third kappa shape index (κ3) is 2.92. The van der Waals surface area contributed by atoms with Crippen LogP contribution >= 0.6 is 0 Å². The maximum Gasteiger partial charge on any atom is 0.0700 e. The van der Waals surface area contributed by atoms with E-state index in [0.717, 1.165) is 26.2 Å². The number of hydrogen-bond acceptors (Lipinski definition) is 3. The molecule has 1 saturated carbocycles. The van der Waals surface area contributed by atoms with E-state index < -0.39 is 0 Å². The molecule has 0 aromatic rings. The van der Waals surface area contributed by atoms with Crippen LogP contribution in [0.25, 0.3) is 0 Å². The molecule has 1 heterocycles. The summed E-state index contributed by atoms with van der Waals surface area (Å²) in [6, 6.07) is 0. The van der Waals surface area contributed by atoms with Gasteiger partial charge in [-0.1, -0.05) is 12.8 Å². The molecule has 2 fully saturated rings. The van der Waals surface area contributed by atoms with Gasteiger partial charge < -0.3 is 15.8 Å². The normalized spacial score (nSPS) is 29.8. The van der Waals surface area contributed by atoms with Gasteiger partial charge in [0.1, 0.15) is 0 Å². The van der Waals surface area contributed by atoms with Crippen molar-refractivity contribution in [3.05, 3.63) is 0 Å². The Balaban J connectivity index is 1.67. The van der Waals surface area contributed by atoms with Gasteiger partial charge in [0.25, 0.3) is 0 Å². The summed E-state index contributed by atoms with van der Waals surface area (Å²) in [5.41, 5.74) is 6.29. The van der Waals surface area contributed by atoms with Crippen LogP contribution in [-0.2, 0) is 4.74 Å². The average Bonchev–Trinajstić information content (AvgIpc) is 2.89. The zero-order valence-electron chi connectivity index (χ0n) is 9.63. The maximum absolute atomic E-state index is 5.89. The molecule has 1 aliphatic carbocycles. The molecule has 2 rings (SSSR count). The highest BCUT2D eigenvalue weighted by Crippen LogP contribution is 2.36. The van der Waals surface area contributed by atoms with E-state index in [1.165, 1.54) is 38.5 Å². The molecule has 0 bridgehead atoms. The second kappa shape index (κ2) is 5.28. The Bertz CT molecular complexity index is 184. The second-order valence-corrected chi connectivity index (χ2v) is 5.18. The third-order valence-electron chi connectivity index (χ3n) is 3.99. The van der Waals surface area contributed by atoms with Crippen molar-refractivity contribution in [1.29, 1.82) is 0 Å². The van der Waals surface area contributed by atoms with Crippen LogP contribution in [0.4, 0.5) is 0 Å². The molecule has 0 spiro atoms. The Labute approximate surface area is 92.7 Å². The van der Waals surface area contributed by atoms with Gasteiger partial charge in [0, 0.05) is 19.7 Å². The van der Waals surface area contributed by atoms with Crippen molar-refractivity contribution in [3.63, 3.8) is 0 Å². The molecule has 1 saturated heterocycles. The van der Waals surface area contributed by atoms with Gasteiger partial charge in [-0.15, -0.1) is 0 Å². The van der Waals surface area contributed by atoms with Gasteiger partial charge in [0.05, 0.1) is 6.10 Å². The fourth-order valence-corrected chi connectivity index (χ4v) is 2.88. The molecular formula is C12H24N2O. The minimum atomic E-state index is 0.401. The molecule has 0 aromatic heterocycles. The fourth-order valence-electron chi connectivity index (χ4n) is 2.88. The summed E-state index contributed by atoms with van der Waals surface area (Å²) in [7, 11) is 0. The molecule has 1 aliphatic heterocycles. The Morgan fingerprint density at radius 1 is 1.27 bits per heavy atom. The number of nitrogens with one attached hydrogen (secondary N) is 1. The minimum absolute atomic E-state index is 0.401. The van der Waals surface area contributed by atoms with Crippen LogP contribution in [0.3, 0.4) is 0 Å². The largest absolute Gasteiger partial charge is 0.377 e. The van der Waals surface area contributed by atoms with E-state index in [0.29, 0.717) is 11.5 Å². The third-order valence-corrected chi connectivity index (χ3v) is 3.99. The van der Waals surface area contributed by atoms with Crippen LogP contribution < -0.4 is 11.1 Å². The fraction of sp³-hybridized carbons (Fsp3) is 1.00. The molecule has 1 atom stereocenters. The van der Waals surface area contributed by atoms with Crippen molar-refractivity contribution in [2.24, 2.45) is 11.1 Å². The first-order valence-electron chi connectivity index (χ1n) is 6.37. The maximum atomic E-state index is 5.89. The molecule has 3 N–H and O–H groups in total. The average molecular weight is 212 g/mol. The smallest absolute Gasteiger partial charge is 0.0700 e. The van der Waals surface area contributed by atoms with E-state index >= 15 is 0 Å². The number of hydrogen-bond donors (Lipinski definition) is 2. The highest BCUT2D eigenvalue weighted by molar-refractivity contribution is 4.87. The summed E-state index contributed by atoms with van der Waals surface area (Å²) in [4.78, 5) is 0. The van der Waals surface area contributed by atoms with Gasteiger partial charge in [-0.2, -0.15) is 0 Å². The molecule has 2 aliphatic rings. The lowest BCUT2D eigenvalue weighted by Gasteiger charge is -2.28. The van der Waals surface area contributed by atoms with Gasteiger partial charge in [-0.3, -0.25) is 0 Å². The second-order valence-electron chi connectivity index (χ2n) is 5.18. The Hall–Kier alpha value is -0.120. The lowest BCUT2D eigenvalue weighted by atomic mass is 9.86. The summed E-state index contributed by atoms with van der Waals surface area (Å²) in [6.45, 7) is 3.89. The number of ether oxygens (including phenoxy) is 1. The molecule has 88 valence electrons. The first-order chi connectivity index (χ1) is 7.35. The van der Waals surface area contributed by atoms with Crippen molar-refractivity contribution in [1.82, 2.24) is 5.32 Å². The molecule has 0 radical (unpaired) electrons. The van der Waals surface area contributed by atoms with Crippen LogP contribution in [0, 0.1) is 5.41 Å². The number of rotatable bonds is 5. The van der Waals surface area contributed by atoms with Crippen LogP contribution in [0.2, 0.25) is 0 Å². The van der Waals surface area contributed by atoms with Gasteiger partial charge in [0.15, 0.2) is 0 Å². The number of nitrogens with two attached hydrogens (primary N) is 1. The van der Waals surface area contributed by atoms with Crippen LogP contribution in [0.15, 0.2) is 0 Å². The summed E-state index contributed by atoms with van der Waals surface area (Å²) in [5.74, 6) is 0. The van der Waals surface area contributed by atoms with Crippen molar-refractivity contribution in [2.45, 2.75) is 44.6 Å². The van der Waals surface area contributed by atoms with Crippen molar-refractivity contribution < 1.29 is 4.74 Å². The van der Waals surface area contributed by atoms with Crippen molar-refractivity contribution in [3.8, 4) is 0 Å². The molecule has 3 heteroatoms. The minimum Gasteiger partial charge on any atom is -0.377 e. The Morgan fingerprint density at radius 3 is 2.67 bits per heavy atom. The van der Waals surface area contributed by atoms with Crippen molar-refractivity contribution >= 4 is 0 Å². The van der Waals surface area contributed by atoms with E-state index in [1.54, 1.807) is 0 Å². The zero-order valence-corrected chi connectivity index (χ0v) is 9.63. The first-order valence-corrected chi connectivity index (χ1v) is 6.37. The summed E-state index contributed by atoms with van der Waals surface area (Å²) >= 11 is 0. The van der Waals surface area contributed by atoms with Crippen LogP contribution in [0.5, 0.6) is 0 Å². The van der Waals surface area contributed by atoms with E-state index in [2.05, 4.69) is 5.32 Å². The topological polar surface area (TPSA) is 47.3 Å². The summed E-state index contributed by atoms with van der Waals surface area (Å²) < 4.78 is 5.59. The predicted octanol–water partition coefficient (Wildman–Crippen LogP) is 1.27. The molecule has 1 unspecified atom stereocenters. The highest BCUT2D eigenvalue weighted by Gasteiger charge is 2.32. The molecular weight excluding hydrogens is 188 g/mol. The highest BCUT2D eigenvalue weighted by atomic mass is 16.5. The van der Waals surface area contributed by atoms with Crippen LogP contribution in [0.1, 0.15) is 38.5 Å². The SMILES string of the molecule is NCC1(CNCC2CCCO2)CCCC1. The zero-order chi connectivity index (χ0) is 10.6. The molecule has 3 nitrogen and oxygen atoms in total. The lowest BCUT2D eigenvalue weighted by Crippen LogP contribution is -2.40. The first kappa shape index (κ1) is 11.4. The lowest BCUT2D eigenvalue weighted by molar-refractivity contribution is 0.106. The van der Waals surface area contributed by atoms with E-state index in [1.807, 2.05) is 0 Å². The van der Waals surface area contributed by atoms with Gasteiger partial charge in [0.2, 0.25) is 0 Å². The van der Waals surface area contributed by atoms with E-state index in [9.17, 15) is 0 Å². The predicted molar refractivity (Wildman–Crippen MR) is 61.8 cm³/mol. The quantitative estimate of drug-likeness (QED) is 0.721. The molecule has 0 aromatic carbocycles. The van der Waals surface area contributed by atoms with Gasteiger partial charge in [-0.05, 0) is 37.6 Å². The molecule has 15 heavy (non-hydrogen) atoms. The molecule has 0 amide bonds. The summed E-state index contributed by atoms with van der Waals surface area (Å²) in [6.07, 6.45) is 8.25. The van der Waals surface area contributed by atoms with E-state index in [4.69, 9.17) is 10.5 Å². The standard InChI is InChI=1S/C12H24N2O/c13-9-12(5-1-2-6-12)10-14-8-11-4-3-7-15-11/h11,14H,1-10,13H2. The van der Waals surface area contributed by atoms with Gasteiger partial charge in [-0.25, -0.2) is 0 Å². The Morgan fingerprint density at radius 2 is 2.07 bits per heavy atom. The van der Waals surface area contributed by atoms with Gasteiger partial charge >= 0.3 is 0 Å². The van der Waals surface area contributed by atoms with Crippen molar-refractivity contribution in [2.75, 3.05) is 26.2 Å². The summed E-state index contributed by atoms with van der Waals surface area (Å²) in [5, 5.41) is 3.56. The monoisotopic (exact) mass is 212 g/mol. The van der Waals surface area contributed by atoms with E-state index in [-0.39, 0.29) is 0 Å². The van der Waals surface area contributed by atoms with Crippen LogP contribution in [-0.4, -0.2) is 32.3 Å². The Kier molecular flexibility index (Phi) is 4.00.